The predicted molar refractivity (Wildman–Crippen MR) is 117 cm³/mol. The Morgan fingerprint density at radius 2 is 2.29 bits per heavy atom. The third kappa shape index (κ3) is 3.83. The number of nitrogens with one attached hydrogen (secondary N) is 2. The molecular formula is C20H20ClN3O2S2. The van der Waals surface area contributed by atoms with Crippen molar-refractivity contribution in [2.24, 2.45) is 5.92 Å². The number of H-pyrrole nitrogens is 1. The summed E-state index contributed by atoms with van der Waals surface area (Å²) in [7, 11) is 0. The highest BCUT2D eigenvalue weighted by Gasteiger charge is 2.23. The molecule has 0 saturated carbocycles. The molecule has 2 aromatic heterocycles. The molecule has 28 heavy (non-hydrogen) atoms. The van der Waals surface area contributed by atoms with Crippen LogP contribution in [0.3, 0.4) is 0 Å². The fourth-order valence-corrected chi connectivity index (χ4v) is 5.74. The quantitative estimate of drug-likeness (QED) is 0.457. The second-order valence-corrected chi connectivity index (χ2v) is 9.61. The summed E-state index contributed by atoms with van der Waals surface area (Å²) >= 11 is 8.93. The molecule has 0 spiro atoms. The minimum absolute atomic E-state index is 0.106. The van der Waals surface area contributed by atoms with Crippen LogP contribution in [-0.2, 0) is 17.6 Å². The Kier molecular flexibility index (Phi) is 5.49. The van der Waals surface area contributed by atoms with Crippen molar-refractivity contribution in [1.82, 2.24) is 9.97 Å². The maximum atomic E-state index is 12.6. The molecule has 0 bridgehead atoms. The fourth-order valence-electron chi connectivity index (χ4n) is 3.46. The number of hydrogen-bond donors (Lipinski definition) is 2. The molecule has 0 saturated heterocycles. The van der Waals surface area contributed by atoms with Crippen molar-refractivity contribution < 1.29 is 4.79 Å². The summed E-state index contributed by atoms with van der Waals surface area (Å²) in [6.07, 6.45) is 3.06. The molecule has 1 atom stereocenters. The maximum absolute atomic E-state index is 12.6. The number of aromatic nitrogens is 2. The Labute approximate surface area is 175 Å². The first-order chi connectivity index (χ1) is 13.4. The lowest BCUT2D eigenvalue weighted by molar-refractivity contribution is -0.113. The highest BCUT2D eigenvalue weighted by atomic mass is 35.5. The molecular weight excluding hydrogens is 414 g/mol. The van der Waals surface area contributed by atoms with Crippen molar-refractivity contribution >= 4 is 56.5 Å². The van der Waals surface area contributed by atoms with Gasteiger partial charge in [0, 0.05) is 15.6 Å². The summed E-state index contributed by atoms with van der Waals surface area (Å²) in [6, 6.07) is 5.39. The van der Waals surface area contributed by atoms with Gasteiger partial charge in [0.2, 0.25) is 5.91 Å². The molecule has 1 amide bonds. The van der Waals surface area contributed by atoms with E-state index >= 15 is 0 Å². The molecule has 0 aliphatic heterocycles. The van der Waals surface area contributed by atoms with E-state index in [1.807, 2.05) is 13.0 Å². The van der Waals surface area contributed by atoms with Gasteiger partial charge in [0.05, 0.1) is 11.1 Å². The molecule has 1 aliphatic carbocycles. The average Bonchev–Trinajstić information content (AvgIpc) is 3.01. The van der Waals surface area contributed by atoms with Gasteiger partial charge in [0.25, 0.3) is 5.56 Å². The maximum Gasteiger partial charge on any atom is 0.260 e. The summed E-state index contributed by atoms with van der Waals surface area (Å²) < 4.78 is 0. The fraction of sp³-hybridized carbons (Fsp3) is 0.350. The van der Waals surface area contributed by atoms with Crippen LogP contribution in [0.4, 0.5) is 5.69 Å². The van der Waals surface area contributed by atoms with Gasteiger partial charge >= 0.3 is 0 Å². The number of thiophene rings is 1. The lowest BCUT2D eigenvalue weighted by Gasteiger charge is -2.17. The van der Waals surface area contributed by atoms with E-state index in [1.54, 1.807) is 23.5 Å². The minimum atomic E-state index is -0.169. The topological polar surface area (TPSA) is 74.8 Å². The number of rotatable bonds is 4. The van der Waals surface area contributed by atoms with E-state index in [0.717, 1.165) is 40.6 Å². The van der Waals surface area contributed by atoms with E-state index in [0.29, 0.717) is 21.8 Å². The first-order valence-electron chi connectivity index (χ1n) is 9.14. The number of hydrogen-bond acceptors (Lipinski definition) is 5. The number of fused-ring (bicyclic) bond motifs is 3. The summed E-state index contributed by atoms with van der Waals surface area (Å²) in [5.74, 6) is 0.632. The summed E-state index contributed by atoms with van der Waals surface area (Å²) in [4.78, 5) is 34.4. The van der Waals surface area contributed by atoms with E-state index in [1.165, 1.54) is 16.6 Å². The van der Waals surface area contributed by atoms with Gasteiger partial charge in [-0.2, -0.15) is 0 Å². The molecule has 0 fully saturated rings. The number of benzene rings is 1. The van der Waals surface area contributed by atoms with Gasteiger partial charge in [0.1, 0.15) is 4.83 Å². The number of carbonyl (C=O) groups excluding carboxylic acids is 1. The van der Waals surface area contributed by atoms with Gasteiger partial charge in [-0.15, -0.1) is 11.3 Å². The monoisotopic (exact) mass is 433 g/mol. The van der Waals surface area contributed by atoms with Crippen LogP contribution >= 0.6 is 34.7 Å². The first kappa shape index (κ1) is 19.5. The lowest BCUT2D eigenvalue weighted by atomic mass is 9.89. The minimum Gasteiger partial charge on any atom is -0.325 e. The summed E-state index contributed by atoms with van der Waals surface area (Å²) in [6.45, 7) is 4.10. The zero-order valence-corrected chi connectivity index (χ0v) is 18.0. The number of thioether (sulfide) groups is 1. The average molecular weight is 434 g/mol. The SMILES string of the molecule is Cc1c(Cl)cccc1NC(=O)CSc1nc2sc3c(c2c(=O)[nH]1)CCC(C)C3. The molecule has 0 radical (unpaired) electrons. The predicted octanol–water partition coefficient (Wildman–Crippen LogP) is 4.80. The molecule has 1 unspecified atom stereocenters. The van der Waals surface area contributed by atoms with Gasteiger partial charge in [-0.3, -0.25) is 9.59 Å². The second-order valence-electron chi connectivity index (χ2n) is 7.15. The molecule has 2 heterocycles. The van der Waals surface area contributed by atoms with Crippen molar-refractivity contribution in [3.63, 3.8) is 0 Å². The van der Waals surface area contributed by atoms with Crippen LogP contribution in [0, 0.1) is 12.8 Å². The molecule has 146 valence electrons. The number of carbonyl (C=O) groups is 1. The molecule has 8 heteroatoms. The Hall–Kier alpha value is -1.83. The van der Waals surface area contributed by atoms with Gasteiger partial charge < -0.3 is 10.3 Å². The third-order valence-electron chi connectivity index (χ3n) is 5.03. The Morgan fingerprint density at radius 3 is 3.11 bits per heavy atom. The molecule has 5 nitrogen and oxygen atoms in total. The molecule has 3 aromatic rings. The number of nitrogens with zero attached hydrogens (tertiary/aromatic N) is 1. The molecule has 1 aromatic carbocycles. The lowest BCUT2D eigenvalue weighted by Crippen LogP contribution is -2.16. The van der Waals surface area contributed by atoms with E-state index in [9.17, 15) is 9.59 Å². The van der Waals surface area contributed by atoms with Crippen LogP contribution in [0.15, 0.2) is 28.2 Å². The zero-order chi connectivity index (χ0) is 19.8. The van der Waals surface area contributed by atoms with Crippen LogP contribution in [0.1, 0.15) is 29.3 Å². The highest BCUT2D eigenvalue weighted by molar-refractivity contribution is 7.99. The molecule has 4 rings (SSSR count). The molecule has 2 N–H and O–H groups in total. The van der Waals surface area contributed by atoms with Crippen molar-refractivity contribution in [3.8, 4) is 0 Å². The second kappa shape index (κ2) is 7.89. The van der Waals surface area contributed by atoms with Gasteiger partial charge in [0.15, 0.2) is 5.16 Å². The van der Waals surface area contributed by atoms with Crippen LogP contribution in [-0.4, -0.2) is 21.6 Å². The normalized spacial score (nSPS) is 16.2. The van der Waals surface area contributed by atoms with E-state index < -0.39 is 0 Å². The standard InChI is InChI=1S/C20H20ClN3O2S2/c1-10-6-7-12-15(8-10)28-19-17(12)18(26)23-20(24-19)27-9-16(25)22-14-5-3-4-13(21)11(14)2/h3-5,10H,6-9H2,1-2H3,(H,22,25)(H,23,24,26). The number of aryl methyl sites for hydroxylation is 1. The van der Waals surface area contributed by atoms with Crippen molar-refractivity contribution in [2.45, 2.75) is 38.3 Å². The van der Waals surface area contributed by atoms with Crippen LogP contribution in [0.5, 0.6) is 0 Å². The van der Waals surface area contributed by atoms with E-state index in [2.05, 4.69) is 22.2 Å². The van der Waals surface area contributed by atoms with Crippen LogP contribution in [0.25, 0.3) is 10.2 Å². The Morgan fingerprint density at radius 1 is 1.46 bits per heavy atom. The van der Waals surface area contributed by atoms with E-state index in [4.69, 9.17) is 11.6 Å². The highest BCUT2D eigenvalue weighted by Crippen LogP contribution is 2.36. The van der Waals surface area contributed by atoms with Gasteiger partial charge in [-0.25, -0.2) is 4.98 Å². The zero-order valence-electron chi connectivity index (χ0n) is 15.6. The largest absolute Gasteiger partial charge is 0.325 e. The number of aromatic amines is 1. The smallest absolute Gasteiger partial charge is 0.260 e. The van der Waals surface area contributed by atoms with Crippen molar-refractivity contribution in [1.29, 1.82) is 0 Å². The Balaban J connectivity index is 1.50. The summed E-state index contributed by atoms with van der Waals surface area (Å²) in [5, 5.41) is 4.67. The number of halogens is 1. The van der Waals surface area contributed by atoms with Crippen LogP contribution < -0.4 is 10.9 Å². The van der Waals surface area contributed by atoms with Gasteiger partial charge in [-0.1, -0.05) is 36.4 Å². The first-order valence-corrected chi connectivity index (χ1v) is 11.3. The van der Waals surface area contributed by atoms with Crippen molar-refractivity contribution in [2.75, 3.05) is 11.1 Å². The van der Waals surface area contributed by atoms with Crippen LogP contribution in [0.2, 0.25) is 5.02 Å². The Bertz CT molecular complexity index is 1120. The molecule has 1 aliphatic rings. The third-order valence-corrected chi connectivity index (χ3v) is 7.46. The van der Waals surface area contributed by atoms with Gasteiger partial charge in [-0.05, 0) is 55.4 Å². The number of anilines is 1. The number of amides is 1. The van der Waals surface area contributed by atoms with Crippen molar-refractivity contribution in [3.05, 3.63) is 49.6 Å². The van der Waals surface area contributed by atoms with E-state index in [-0.39, 0.29) is 17.2 Å². The summed E-state index contributed by atoms with van der Waals surface area (Å²) in [5.41, 5.74) is 2.58.